The molecule has 1 fully saturated rings. The molecule has 0 atom stereocenters. The van der Waals surface area contributed by atoms with Crippen LogP contribution >= 0.6 is 23.2 Å². The smallest absolute Gasteiger partial charge is 0.224 e. The first kappa shape index (κ1) is 26.0. The third-order valence-corrected chi connectivity index (χ3v) is 8.37. The van der Waals surface area contributed by atoms with Crippen LogP contribution in [0.5, 0.6) is 0 Å². The van der Waals surface area contributed by atoms with Crippen LogP contribution in [0.3, 0.4) is 0 Å². The van der Waals surface area contributed by atoms with Gasteiger partial charge in [0.15, 0.2) is 0 Å². The van der Waals surface area contributed by atoms with Crippen molar-refractivity contribution in [3.8, 4) is 6.07 Å². The third kappa shape index (κ3) is 4.95. The normalized spacial score (nSPS) is 15.0. The Morgan fingerprint density at radius 1 is 0.737 bits per heavy atom. The molecule has 0 N–H and O–H groups in total. The number of nitrogens with zero attached hydrogens (tertiary/aromatic N) is 2. The molecule has 0 aromatic heterocycles. The van der Waals surface area contributed by atoms with Gasteiger partial charge in [0.25, 0.3) is 0 Å². The average Bonchev–Trinajstić information content (AvgIpc) is 2.98. The summed E-state index contributed by atoms with van der Waals surface area (Å²) >= 11 is 12.5. The van der Waals surface area contributed by atoms with E-state index < -0.39 is 10.8 Å². The Bertz CT molecular complexity index is 1380. The van der Waals surface area contributed by atoms with Gasteiger partial charge in [-0.1, -0.05) is 108 Å². The van der Waals surface area contributed by atoms with Crippen molar-refractivity contribution in [1.29, 1.82) is 5.26 Å². The van der Waals surface area contributed by atoms with Crippen molar-refractivity contribution in [2.45, 2.75) is 30.1 Å². The summed E-state index contributed by atoms with van der Waals surface area (Å²) in [7, 11) is 0. The van der Waals surface area contributed by atoms with E-state index >= 15 is 0 Å². The third-order valence-electron chi connectivity index (χ3n) is 7.87. The van der Waals surface area contributed by atoms with Crippen molar-refractivity contribution in [2.24, 2.45) is 0 Å². The standard InChI is InChI=1S/C33H28Cl2N2O/c34-29-15-11-27(12-16-29)33(26-9-5-2-6-10-26,28-13-17-30(35)18-14-28)23-31(38)37-21-19-32(24-36,20-22-37)25-7-3-1-4-8-25/h1-18H,19-23H2. The van der Waals surface area contributed by atoms with E-state index in [1.807, 2.05) is 102 Å². The van der Waals surface area contributed by atoms with Gasteiger partial charge in [-0.3, -0.25) is 4.79 Å². The van der Waals surface area contributed by atoms with Crippen LogP contribution in [0.15, 0.2) is 109 Å². The molecule has 1 amide bonds. The van der Waals surface area contributed by atoms with E-state index in [1.54, 1.807) is 0 Å². The molecule has 5 heteroatoms. The summed E-state index contributed by atoms with van der Waals surface area (Å²) in [5.74, 6) is 0.0540. The molecule has 5 rings (SSSR count). The van der Waals surface area contributed by atoms with Crippen LogP contribution in [0.25, 0.3) is 0 Å². The van der Waals surface area contributed by atoms with E-state index in [4.69, 9.17) is 23.2 Å². The van der Waals surface area contributed by atoms with Crippen LogP contribution in [-0.4, -0.2) is 23.9 Å². The predicted octanol–water partition coefficient (Wildman–Crippen LogP) is 7.80. The fourth-order valence-electron chi connectivity index (χ4n) is 5.70. The monoisotopic (exact) mass is 538 g/mol. The maximum absolute atomic E-state index is 14.1. The molecule has 0 radical (unpaired) electrons. The molecule has 0 aliphatic carbocycles. The van der Waals surface area contributed by atoms with E-state index in [0.717, 1.165) is 22.3 Å². The molecule has 0 saturated carbocycles. The zero-order chi connectivity index (χ0) is 26.6. The number of likely N-dealkylation sites (tertiary alicyclic amines) is 1. The number of amides is 1. The maximum Gasteiger partial charge on any atom is 0.224 e. The Labute approximate surface area is 234 Å². The minimum atomic E-state index is -0.739. The highest BCUT2D eigenvalue weighted by molar-refractivity contribution is 6.30. The van der Waals surface area contributed by atoms with Crippen LogP contribution in [0, 0.1) is 11.3 Å². The highest BCUT2D eigenvalue weighted by atomic mass is 35.5. The van der Waals surface area contributed by atoms with Crippen LogP contribution in [-0.2, 0) is 15.6 Å². The van der Waals surface area contributed by atoms with Crippen LogP contribution in [0.2, 0.25) is 10.0 Å². The number of halogens is 2. The van der Waals surface area contributed by atoms with Crippen molar-refractivity contribution in [3.63, 3.8) is 0 Å². The fraction of sp³-hybridized carbons (Fsp3) is 0.212. The van der Waals surface area contributed by atoms with E-state index in [9.17, 15) is 10.1 Å². The fourth-order valence-corrected chi connectivity index (χ4v) is 5.95. The van der Waals surface area contributed by atoms with Crippen molar-refractivity contribution >= 4 is 29.1 Å². The van der Waals surface area contributed by atoms with Crippen LogP contribution < -0.4 is 0 Å². The van der Waals surface area contributed by atoms with E-state index in [1.165, 1.54) is 0 Å². The van der Waals surface area contributed by atoms with Crippen molar-refractivity contribution < 1.29 is 4.79 Å². The second kappa shape index (κ2) is 11.0. The number of piperidine rings is 1. The summed E-state index contributed by atoms with van der Waals surface area (Å²) in [6, 6.07) is 38.1. The van der Waals surface area contributed by atoms with Gasteiger partial charge in [0, 0.05) is 29.6 Å². The second-order valence-electron chi connectivity index (χ2n) is 9.90. The zero-order valence-corrected chi connectivity index (χ0v) is 22.5. The average molecular weight is 540 g/mol. The molecule has 1 saturated heterocycles. The zero-order valence-electron chi connectivity index (χ0n) is 21.0. The van der Waals surface area contributed by atoms with Gasteiger partial charge >= 0.3 is 0 Å². The lowest BCUT2D eigenvalue weighted by Crippen LogP contribution is -2.47. The lowest BCUT2D eigenvalue weighted by molar-refractivity contribution is -0.133. The maximum atomic E-state index is 14.1. The van der Waals surface area contributed by atoms with Gasteiger partial charge in [-0.2, -0.15) is 5.26 Å². The molecule has 1 aliphatic rings. The quantitative estimate of drug-likeness (QED) is 0.235. The topological polar surface area (TPSA) is 44.1 Å². The summed E-state index contributed by atoms with van der Waals surface area (Å²) in [5.41, 5.74) is 2.70. The molecule has 3 nitrogen and oxygen atoms in total. The molecular formula is C33H28Cl2N2O. The number of benzene rings is 4. The second-order valence-corrected chi connectivity index (χ2v) is 10.8. The lowest BCUT2D eigenvalue weighted by atomic mass is 9.67. The molecule has 4 aromatic carbocycles. The number of carbonyl (C=O) groups excluding carboxylic acids is 1. The molecule has 0 spiro atoms. The largest absolute Gasteiger partial charge is 0.343 e. The number of carbonyl (C=O) groups is 1. The summed E-state index contributed by atoms with van der Waals surface area (Å²) in [6.07, 6.45) is 1.46. The molecular weight excluding hydrogens is 511 g/mol. The summed E-state index contributed by atoms with van der Waals surface area (Å²) in [6.45, 7) is 1.07. The molecule has 1 aliphatic heterocycles. The molecule has 38 heavy (non-hydrogen) atoms. The molecule has 1 heterocycles. The van der Waals surface area contributed by atoms with Gasteiger partial charge < -0.3 is 4.90 Å². The first-order valence-electron chi connectivity index (χ1n) is 12.8. The van der Waals surface area contributed by atoms with Gasteiger partial charge in [-0.05, 0) is 59.4 Å². The van der Waals surface area contributed by atoms with Gasteiger partial charge in [-0.25, -0.2) is 0 Å². The predicted molar refractivity (Wildman–Crippen MR) is 153 cm³/mol. The van der Waals surface area contributed by atoms with Crippen molar-refractivity contribution in [1.82, 2.24) is 4.90 Å². The SMILES string of the molecule is N#CC1(c2ccccc2)CCN(C(=O)CC(c2ccccc2)(c2ccc(Cl)cc2)c2ccc(Cl)cc2)CC1. The summed E-state index contributed by atoms with van der Waals surface area (Å²) in [5, 5.41) is 11.4. The van der Waals surface area contributed by atoms with E-state index in [-0.39, 0.29) is 12.3 Å². The Morgan fingerprint density at radius 2 is 1.18 bits per heavy atom. The molecule has 0 bridgehead atoms. The Hall–Kier alpha value is -3.58. The number of rotatable bonds is 6. The van der Waals surface area contributed by atoms with Gasteiger partial charge in [0.1, 0.15) is 0 Å². The van der Waals surface area contributed by atoms with Gasteiger partial charge in [0.05, 0.1) is 16.9 Å². The Kier molecular flexibility index (Phi) is 7.56. The minimum absolute atomic E-state index is 0.0540. The minimum Gasteiger partial charge on any atom is -0.343 e. The van der Waals surface area contributed by atoms with E-state index in [0.29, 0.717) is 36.0 Å². The number of hydrogen-bond acceptors (Lipinski definition) is 2. The van der Waals surface area contributed by atoms with Crippen molar-refractivity contribution in [2.75, 3.05) is 13.1 Å². The number of nitriles is 1. The highest BCUT2D eigenvalue weighted by Gasteiger charge is 2.42. The Balaban J connectivity index is 1.52. The van der Waals surface area contributed by atoms with Crippen LogP contribution in [0.1, 0.15) is 41.5 Å². The van der Waals surface area contributed by atoms with Crippen molar-refractivity contribution in [3.05, 3.63) is 141 Å². The highest BCUT2D eigenvalue weighted by Crippen LogP contribution is 2.44. The van der Waals surface area contributed by atoms with Crippen LogP contribution in [0.4, 0.5) is 0 Å². The first-order chi connectivity index (χ1) is 18.5. The summed E-state index contributed by atoms with van der Waals surface area (Å²) < 4.78 is 0. The molecule has 190 valence electrons. The Morgan fingerprint density at radius 3 is 1.66 bits per heavy atom. The number of hydrogen-bond donors (Lipinski definition) is 0. The van der Waals surface area contributed by atoms with E-state index in [2.05, 4.69) is 18.2 Å². The van der Waals surface area contributed by atoms with Gasteiger partial charge in [-0.15, -0.1) is 0 Å². The van der Waals surface area contributed by atoms with Gasteiger partial charge in [0.2, 0.25) is 5.91 Å². The molecule has 4 aromatic rings. The lowest BCUT2D eigenvalue weighted by Gasteiger charge is -2.41. The summed E-state index contributed by atoms with van der Waals surface area (Å²) in [4.78, 5) is 16.0. The molecule has 0 unspecified atom stereocenters. The first-order valence-corrected chi connectivity index (χ1v) is 13.5.